The summed E-state index contributed by atoms with van der Waals surface area (Å²) in [4.78, 5) is 10.4. The van der Waals surface area contributed by atoms with Crippen LogP contribution in [0, 0.1) is 6.92 Å². The predicted octanol–water partition coefficient (Wildman–Crippen LogP) is 5.13. The van der Waals surface area contributed by atoms with Gasteiger partial charge in [0.15, 0.2) is 10.1 Å². The number of para-hydroxylation sites is 1. The van der Waals surface area contributed by atoms with Crippen LogP contribution in [0.1, 0.15) is 18.2 Å². The van der Waals surface area contributed by atoms with E-state index in [9.17, 15) is 0 Å². The molecule has 116 valence electrons. The molecule has 0 radical (unpaired) electrons. The average Bonchev–Trinajstić information content (AvgIpc) is 3.24. The normalized spacial score (nSPS) is 11.2. The van der Waals surface area contributed by atoms with Gasteiger partial charge in [0.25, 0.3) is 0 Å². The van der Waals surface area contributed by atoms with Crippen LogP contribution in [0.3, 0.4) is 0 Å². The lowest BCUT2D eigenvalue weighted by Crippen LogP contribution is -1.95. The lowest BCUT2D eigenvalue weighted by molar-refractivity contribution is 1.14. The van der Waals surface area contributed by atoms with Crippen molar-refractivity contribution in [3.05, 3.63) is 52.5 Å². The summed E-state index contributed by atoms with van der Waals surface area (Å²) >= 11 is 3.26. The lowest BCUT2D eigenvalue weighted by atomic mass is 10.1. The zero-order valence-electron chi connectivity index (χ0n) is 12.9. The van der Waals surface area contributed by atoms with Crippen LogP contribution >= 0.6 is 22.7 Å². The van der Waals surface area contributed by atoms with Crippen molar-refractivity contribution in [2.45, 2.75) is 20.3 Å². The number of thiazole rings is 2. The largest absolute Gasteiger partial charge is 0.331 e. The number of rotatable bonds is 4. The second-order valence-corrected chi connectivity index (χ2v) is 7.01. The number of benzene rings is 1. The van der Waals surface area contributed by atoms with Crippen molar-refractivity contribution in [1.82, 2.24) is 14.4 Å². The molecule has 4 nitrogen and oxygen atoms in total. The Morgan fingerprint density at radius 3 is 2.91 bits per heavy atom. The van der Waals surface area contributed by atoms with Gasteiger partial charge in [0.1, 0.15) is 5.69 Å². The van der Waals surface area contributed by atoms with Crippen LogP contribution in [0.4, 0.5) is 10.8 Å². The summed E-state index contributed by atoms with van der Waals surface area (Å²) in [5, 5.41) is 8.49. The van der Waals surface area contributed by atoms with Gasteiger partial charge in [-0.15, -0.1) is 22.7 Å². The van der Waals surface area contributed by atoms with Gasteiger partial charge in [-0.1, -0.05) is 25.1 Å². The highest BCUT2D eigenvalue weighted by Crippen LogP contribution is 2.31. The third-order valence-electron chi connectivity index (χ3n) is 3.82. The summed E-state index contributed by atoms with van der Waals surface area (Å²) < 4.78 is 2.11. The number of imidazole rings is 1. The molecule has 0 atom stereocenters. The second kappa shape index (κ2) is 5.79. The maximum Gasteiger partial charge on any atom is 0.194 e. The first kappa shape index (κ1) is 14.4. The maximum atomic E-state index is 4.77. The topological polar surface area (TPSA) is 42.2 Å². The van der Waals surface area contributed by atoms with E-state index in [0.717, 1.165) is 39.3 Å². The van der Waals surface area contributed by atoms with Gasteiger partial charge in [-0.25, -0.2) is 9.97 Å². The van der Waals surface area contributed by atoms with Crippen LogP contribution in [-0.2, 0) is 6.42 Å². The Morgan fingerprint density at radius 2 is 2.04 bits per heavy atom. The molecule has 4 rings (SSSR count). The standard InChI is InChI=1S/C17H16N4S2/c1-3-12-6-4-5-7-13(12)19-16-20-14(10-23-16)15-11(2)18-17-21(15)8-9-22-17/h4-10H,3H2,1-2H3,(H,19,20). The molecule has 0 spiro atoms. The third-order valence-corrected chi connectivity index (χ3v) is 5.34. The number of fused-ring (bicyclic) bond motifs is 1. The number of aryl methyl sites for hydroxylation is 2. The van der Waals surface area contributed by atoms with E-state index in [1.165, 1.54) is 5.56 Å². The zero-order chi connectivity index (χ0) is 15.8. The van der Waals surface area contributed by atoms with Gasteiger partial charge < -0.3 is 5.32 Å². The molecular weight excluding hydrogens is 324 g/mol. The number of hydrogen-bond donors (Lipinski definition) is 1. The van der Waals surface area contributed by atoms with Crippen molar-refractivity contribution in [3.63, 3.8) is 0 Å². The quantitative estimate of drug-likeness (QED) is 0.560. The lowest BCUT2D eigenvalue weighted by Gasteiger charge is -2.07. The smallest absolute Gasteiger partial charge is 0.194 e. The minimum absolute atomic E-state index is 0.908. The molecule has 0 saturated carbocycles. The van der Waals surface area contributed by atoms with Gasteiger partial charge >= 0.3 is 0 Å². The first-order chi connectivity index (χ1) is 11.3. The highest BCUT2D eigenvalue weighted by Gasteiger charge is 2.15. The Hall–Kier alpha value is -2.18. The van der Waals surface area contributed by atoms with E-state index in [1.807, 2.05) is 24.6 Å². The van der Waals surface area contributed by atoms with Crippen LogP contribution in [0.2, 0.25) is 0 Å². The summed E-state index contributed by atoms with van der Waals surface area (Å²) in [6, 6.07) is 8.36. The van der Waals surface area contributed by atoms with Crippen LogP contribution in [0.25, 0.3) is 16.3 Å². The molecule has 1 aromatic carbocycles. The van der Waals surface area contributed by atoms with E-state index < -0.39 is 0 Å². The van der Waals surface area contributed by atoms with E-state index >= 15 is 0 Å². The SMILES string of the molecule is CCc1ccccc1Nc1nc(-c2c(C)nc3sccn23)cs1. The fourth-order valence-electron chi connectivity index (χ4n) is 2.71. The molecule has 3 heterocycles. The van der Waals surface area contributed by atoms with Gasteiger partial charge in [0.05, 0.1) is 11.4 Å². The molecule has 0 bridgehead atoms. The molecule has 6 heteroatoms. The summed E-state index contributed by atoms with van der Waals surface area (Å²) in [7, 11) is 0. The molecule has 0 saturated heterocycles. The van der Waals surface area contributed by atoms with Crippen molar-refractivity contribution in [2.24, 2.45) is 0 Å². The monoisotopic (exact) mass is 340 g/mol. The van der Waals surface area contributed by atoms with Crippen molar-refractivity contribution in [1.29, 1.82) is 0 Å². The van der Waals surface area contributed by atoms with Crippen LogP contribution in [0.15, 0.2) is 41.2 Å². The van der Waals surface area contributed by atoms with E-state index in [2.05, 4.69) is 45.2 Å². The van der Waals surface area contributed by atoms with Crippen molar-refractivity contribution in [3.8, 4) is 11.4 Å². The Labute approximate surface area is 142 Å². The van der Waals surface area contributed by atoms with E-state index in [1.54, 1.807) is 22.7 Å². The molecule has 0 aliphatic rings. The molecule has 1 N–H and O–H groups in total. The fourth-order valence-corrected chi connectivity index (χ4v) is 4.18. The minimum atomic E-state index is 0.908. The number of nitrogens with zero attached hydrogens (tertiary/aromatic N) is 3. The molecule has 3 aromatic heterocycles. The molecule has 0 unspecified atom stereocenters. The Morgan fingerprint density at radius 1 is 1.17 bits per heavy atom. The second-order valence-electron chi connectivity index (χ2n) is 5.28. The molecule has 0 amide bonds. The summed E-state index contributed by atoms with van der Waals surface area (Å²) in [6.07, 6.45) is 3.05. The molecule has 23 heavy (non-hydrogen) atoms. The molecule has 0 aliphatic heterocycles. The van der Waals surface area contributed by atoms with Crippen molar-refractivity contribution in [2.75, 3.05) is 5.32 Å². The molecule has 4 aromatic rings. The zero-order valence-corrected chi connectivity index (χ0v) is 14.5. The third kappa shape index (κ3) is 2.54. The fraction of sp³-hybridized carbons (Fsp3) is 0.176. The van der Waals surface area contributed by atoms with Crippen molar-refractivity contribution >= 4 is 38.5 Å². The van der Waals surface area contributed by atoms with E-state index in [-0.39, 0.29) is 0 Å². The van der Waals surface area contributed by atoms with E-state index in [4.69, 9.17) is 4.98 Å². The number of anilines is 2. The van der Waals surface area contributed by atoms with E-state index in [0.29, 0.717) is 0 Å². The molecular formula is C17H16N4S2. The van der Waals surface area contributed by atoms with Gasteiger partial charge in [-0.3, -0.25) is 4.40 Å². The minimum Gasteiger partial charge on any atom is -0.331 e. The summed E-state index contributed by atoms with van der Waals surface area (Å²) in [5.41, 5.74) is 5.48. The van der Waals surface area contributed by atoms with Gasteiger partial charge in [0, 0.05) is 22.6 Å². The highest BCUT2D eigenvalue weighted by molar-refractivity contribution is 7.15. The van der Waals surface area contributed by atoms with Crippen LogP contribution < -0.4 is 5.32 Å². The Bertz CT molecular complexity index is 964. The summed E-state index contributed by atoms with van der Waals surface area (Å²) in [6.45, 7) is 4.20. The molecule has 0 fully saturated rings. The van der Waals surface area contributed by atoms with Crippen molar-refractivity contribution < 1.29 is 0 Å². The first-order valence-electron chi connectivity index (χ1n) is 7.49. The Kier molecular flexibility index (Phi) is 3.63. The van der Waals surface area contributed by atoms with Gasteiger partial charge in [-0.2, -0.15) is 0 Å². The molecule has 0 aliphatic carbocycles. The first-order valence-corrected chi connectivity index (χ1v) is 9.25. The predicted molar refractivity (Wildman–Crippen MR) is 98.0 cm³/mol. The average molecular weight is 340 g/mol. The maximum absolute atomic E-state index is 4.77. The number of hydrogen-bond acceptors (Lipinski definition) is 5. The van der Waals surface area contributed by atoms with Crippen LogP contribution in [-0.4, -0.2) is 14.4 Å². The van der Waals surface area contributed by atoms with Gasteiger partial charge in [0.2, 0.25) is 0 Å². The Balaban J connectivity index is 1.69. The van der Waals surface area contributed by atoms with Gasteiger partial charge in [-0.05, 0) is 25.0 Å². The number of nitrogens with one attached hydrogen (secondary N) is 1. The highest BCUT2D eigenvalue weighted by atomic mass is 32.1. The van der Waals surface area contributed by atoms with Crippen LogP contribution in [0.5, 0.6) is 0 Å². The summed E-state index contributed by atoms with van der Waals surface area (Å²) in [5.74, 6) is 0. The number of aromatic nitrogens is 3.